The predicted octanol–water partition coefficient (Wildman–Crippen LogP) is 1.40. The Labute approximate surface area is 130 Å². The standard InChI is InChI=1S/C14H32N4O2S/c1-5-7-8-9-11-16-14(15-3)17-12-10-13-18(6-2)21(4,19)20/h5-13H2,1-4H3,(H2,15,16,17). The molecule has 6 nitrogen and oxygen atoms in total. The monoisotopic (exact) mass is 320 g/mol. The number of aliphatic imine (C=N–C) groups is 1. The minimum atomic E-state index is -3.08. The number of hydrogen-bond donors (Lipinski definition) is 2. The Morgan fingerprint density at radius 1 is 1.05 bits per heavy atom. The van der Waals surface area contributed by atoms with Gasteiger partial charge in [0.15, 0.2) is 5.96 Å². The molecular formula is C14H32N4O2S. The molecule has 0 amide bonds. The van der Waals surface area contributed by atoms with E-state index in [1.165, 1.54) is 29.8 Å². The second-order valence-corrected chi connectivity index (χ2v) is 7.08. The van der Waals surface area contributed by atoms with Gasteiger partial charge in [-0.25, -0.2) is 12.7 Å². The lowest BCUT2D eigenvalue weighted by molar-refractivity contribution is 0.424. The minimum absolute atomic E-state index is 0.517. The van der Waals surface area contributed by atoms with Crippen molar-refractivity contribution < 1.29 is 8.42 Å². The van der Waals surface area contributed by atoms with E-state index in [0.29, 0.717) is 19.6 Å². The highest BCUT2D eigenvalue weighted by Gasteiger charge is 2.13. The second-order valence-electron chi connectivity index (χ2n) is 5.09. The Hall–Kier alpha value is -0.820. The molecular weight excluding hydrogens is 288 g/mol. The van der Waals surface area contributed by atoms with Crippen LogP contribution in [0, 0.1) is 0 Å². The molecule has 0 aromatic rings. The first-order valence-electron chi connectivity index (χ1n) is 7.85. The van der Waals surface area contributed by atoms with Crippen molar-refractivity contribution in [3.63, 3.8) is 0 Å². The summed E-state index contributed by atoms with van der Waals surface area (Å²) >= 11 is 0. The van der Waals surface area contributed by atoms with Crippen LogP contribution in [-0.4, -0.2) is 58.2 Å². The van der Waals surface area contributed by atoms with E-state index < -0.39 is 10.0 Å². The highest BCUT2D eigenvalue weighted by atomic mass is 32.2. The minimum Gasteiger partial charge on any atom is -0.356 e. The zero-order valence-electron chi connectivity index (χ0n) is 14.0. The van der Waals surface area contributed by atoms with Crippen molar-refractivity contribution in [2.45, 2.75) is 46.0 Å². The molecule has 21 heavy (non-hydrogen) atoms. The molecule has 0 atom stereocenters. The molecule has 0 aliphatic rings. The first kappa shape index (κ1) is 20.2. The van der Waals surface area contributed by atoms with Crippen LogP contribution in [0.4, 0.5) is 0 Å². The maximum atomic E-state index is 11.4. The van der Waals surface area contributed by atoms with Gasteiger partial charge >= 0.3 is 0 Å². The average molecular weight is 321 g/mol. The van der Waals surface area contributed by atoms with Gasteiger partial charge in [0.05, 0.1) is 6.26 Å². The van der Waals surface area contributed by atoms with Crippen molar-refractivity contribution in [2.24, 2.45) is 4.99 Å². The summed E-state index contributed by atoms with van der Waals surface area (Å²) in [6.45, 7) is 6.74. The Morgan fingerprint density at radius 3 is 2.14 bits per heavy atom. The van der Waals surface area contributed by atoms with E-state index in [-0.39, 0.29) is 0 Å². The van der Waals surface area contributed by atoms with Crippen molar-refractivity contribution in [3.8, 4) is 0 Å². The summed E-state index contributed by atoms with van der Waals surface area (Å²) in [4.78, 5) is 4.15. The van der Waals surface area contributed by atoms with Crippen LogP contribution in [0.5, 0.6) is 0 Å². The molecule has 0 aliphatic heterocycles. The number of rotatable bonds is 11. The quantitative estimate of drug-likeness (QED) is 0.343. The van der Waals surface area contributed by atoms with Gasteiger partial charge in [0, 0.05) is 33.2 Å². The summed E-state index contributed by atoms with van der Waals surface area (Å²) < 4.78 is 24.4. The predicted molar refractivity (Wildman–Crippen MR) is 90.2 cm³/mol. The van der Waals surface area contributed by atoms with Crippen LogP contribution < -0.4 is 10.6 Å². The number of nitrogens with zero attached hydrogens (tertiary/aromatic N) is 2. The van der Waals surface area contributed by atoms with Gasteiger partial charge in [-0.05, 0) is 12.8 Å². The molecule has 126 valence electrons. The summed E-state index contributed by atoms with van der Waals surface area (Å²) in [6.07, 6.45) is 6.90. The van der Waals surface area contributed by atoms with Gasteiger partial charge in [0.1, 0.15) is 0 Å². The lowest BCUT2D eigenvalue weighted by Crippen LogP contribution is -2.39. The van der Waals surface area contributed by atoms with Gasteiger partial charge in [-0.3, -0.25) is 4.99 Å². The highest BCUT2D eigenvalue weighted by molar-refractivity contribution is 7.88. The van der Waals surface area contributed by atoms with Crippen LogP contribution in [0.1, 0.15) is 46.0 Å². The summed E-state index contributed by atoms with van der Waals surface area (Å²) in [5.74, 6) is 0.786. The van der Waals surface area contributed by atoms with Gasteiger partial charge in [-0.2, -0.15) is 0 Å². The highest BCUT2D eigenvalue weighted by Crippen LogP contribution is 1.98. The fourth-order valence-corrected chi connectivity index (χ4v) is 2.93. The molecule has 0 saturated carbocycles. The van der Waals surface area contributed by atoms with E-state index in [9.17, 15) is 8.42 Å². The Morgan fingerprint density at radius 2 is 1.67 bits per heavy atom. The van der Waals surface area contributed by atoms with Crippen molar-refractivity contribution in [3.05, 3.63) is 0 Å². The SMILES string of the molecule is CCCCCCNC(=NC)NCCCN(CC)S(C)(=O)=O. The lowest BCUT2D eigenvalue weighted by Gasteiger charge is -2.18. The van der Waals surface area contributed by atoms with Crippen LogP contribution in [-0.2, 0) is 10.0 Å². The van der Waals surface area contributed by atoms with Crippen molar-refractivity contribution in [1.29, 1.82) is 0 Å². The molecule has 7 heteroatoms. The normalized spacial score (nSPS) is 12.7. The lowest BCUT2D eigenvalue weighted by atomic mass is 10.2. The zero-order valence-corrected chi connectivity index (χ0v) is 14.8. The Bertz CT molecular complexity index is 382. The van der Waals surface area contributed by atoms with Crippen LogP contribution in [0.25, 0.3) is 0 Å². The van der Waals surface area contributed by atoms with E-state index in [0.717, 1.165) is 25.3 Å². The Kier molecular flexibility index (Phi) is 11.3. The van der Waals surface area contributed by atoms with Crippen molar-refractivity contribution in [1.82, 2.24) is 14.9 Å². The molecule has 0 heterocycles. The number of sulfonamides is 1. The van der Waals surface area contributed by atoms with E-state index >= 15 is 0 Å². The van der Waals surface area contributed by atoms with E-state index in [4.69, 9.17) is 0 Å². The van der Waals surface area contributed by atoms with Gasteiger partial charge in [0.2, 0.25) is 10.0 Å². The van der Waals surface area contributed by atoms with Gasteiger partial charge in [-0.1, -0.05) is 33.1 Å². The molecule has 0 radical (unpaired) electrons. The molecule has 0 bridgehead atoms. The third kappa shape index (κ3) is 10.5. The number of hydrogen-bond acceptors (Lipinski definition) is 3. The number of nitrogens with one attached hydrogen (secondary N) is 2. The maximum absolute atomic E-state index is 11.4. The molecule has 0 aromatic heterocycles. The van der Waals surface area contributed by atoms with E-state index in [2.05, 4.69) is 22.5 Å². The Balaban J connectivity index is 3.82. The smallest absolute Gasteiger partial charge is 0.211 e. The van der Waals surface area contributed by atoms with Crippen molar-refractivity contribution >= 4 is 16.0 Å². The maximum Gasteiger partial charge on any atom is 0.211 e. The van der Waals surface area contributed by atoms with Crippen LogP contribution in [0.2, 0.25) is 0 Å². The zero-order chi connectivity index (χ0) is 16.1. The third-order valence-corrected chi connectivity index (χ3v) is 4.62. The third-order valence-electron chi connectivity index (χ3n) is 3.24. The molecule has 0 spiro atoms. The van der Waals surface area contributed by atoms with Crippen molar-refractivity contribution in [2.75, 3.05) is 39.5 Å². The first-order chi connectivity index (χ1) is 9.95. The summed E-state index contributed by atoms with van der Waals surface area (Å²) in [6, 6.07) is 0. The molecule has 0 aliphatic carbocycles. The average Bonchev–Trinajstić information content (AvgIpc) is 2.43. The largest absolute Gasteiger partial charge is 0.356 e. The fourth-order valence-electron chi connectivity index (χ4n) is 2.00. The van der Waals surface area contributed by atoms with Crippen LogP contribution in [0.3, 0.4) is 0 Å². The van der Waals surface area contributed by atoms with Crippen LogP contribution in [0.15, 0.2) is 4.99 Å². The molecule has 0 unspecified atom stereocenters. The number of unbranched alkanes of at least 4 members (excludes halogenated alkanes) is 3. The van der Waals surface area contributed by atoms with E-state index in [1.54, 1.807) is 7.05 Å². The molecule has 0 saturated heterocycles. The molecule has 0 fully saturated rings. The number of guanidine groups is 1. The first-order valence-corrected chi connectivity index (χ1v) is 9.70. The summed E-state index contributed by atoms with van der Waals surface area (Å²) in [5.41, 5.74) is 0. The second kappa shape index (κ2) is 11.8. The van der Waals surface area contributed by atoms with Gasteiger partial charge in [0.25, 0.3) is 0 Å². The summed E-state index contributed by atoms with van der Waals surface area (Å²) in [5, 5.41) is 6.48. The fraction of sp³-hybridized carbons (Fsp3) is 0.929. The molecule has 0 aromatic carbocycles. The molecule has 0 rings (SSSR count). The van der Waals surface area contributed by atoms with Gasteiger partial charge < -0.3 is 10.6 Å². The summed E-state index contributed by atoms with van der Waals surface area (Å²) in [7, 11) is -1.34. The topological polar surface area (TPSA) is 73.8 Å². The van der Waals surface area contributed by atoms with Gasteiger partial charge in [-0.15, -0.1) is 0 Å². The molecule has 2 N–H and O–H groups in total. The van der Waals surface area contributed by atoms with Crippen LogP contribution >= 0.6 is 0 Å². The van der Waals surface area contributed by atoms with E-state index in [1.807, 2.05) is 6.92 Å².